The Bertz CT molecular complexity index is 363. The van der Waals surface area contributed by atoms with Crippen molar-refractivity contribution in [2.75, 3.05) is 11.9 Å². The molecule has 3 heteroatoms. The standard InChI is InChI=1S/C15H24N2O/c1-3-5-6-9-12-16-15(18)17-14-11-8-7-10-13(14)4-2/h7-8,10-11H,3-6,9,12H2,1-2H3,(H2,16,17,18). The van der Waals surface area contributed by atoms with E-state index in [1.165, 1.54) is 24.8 Å². The molecule has 0 aromatic heterocycles. The number of rotatable bonds is 7. The van der Waals surface area contributed by atoms with E-state index in [-0.39, 0.29) is 6.03 Å². The summed E-state index contributed by atoms with van der Waals surface area (Å²) >= 11 is 0. The summed E-state index contributed by atoms with van der Waals surface area (Å²) in [4.78, 5) is 11.7. The van der Waals surface area contributed by atoms with E-state index in [0.717, 1.165) is 25.1 Å². The van der Waals surface area contributed by atoms with Gasteiger partial charge in [-0.05, 0) is 24.5 Å². The molecule has 0 aliphatic carbocycles. The van der Waals surface area contributed by atoms with Gasteiger partial charge in [-0.1, -0.05) is 51.3 Å². The molecular weight excluding hydrogens is 224 g/mol. The molecule has 2 amide bonds. The first kappa shape index (κ1) is 14.6. The smallest absolute Gasteiger partial charge is 0.319 e. The Morgan fingerprint density at radius 2 is 1.89 bits per heavy atom. The second-order valence-electron chi connectivity index (χ2n) is 4.45. The molecule has 0 aliphatic heterocycles. The molecule has 0 spiro atoms. The van der Waals surface area contributed by atoms with Crippen LogP contribution in [-0.2, 0) is 6.42 Å². The predicted molar refractivity (Wildman–Crippen MR) is 77.0 cm³/mol. The average Bonchev–Trinajstić information content (AvgIpc) is 2.39. The molecule has 0 unspecified atom stereocenters. The number of hydrogen-bond donors (Lipinski definition) is 2. The van der Waals surface area contributed by atoms with Crippen molar-refractivity contribution in [2.45, 2.75) is 46.0 Å². The zero-order valence-electron chi connectivity index (χ0n) is 11.5. The molecule has 0 saturated heterocycles. The number of aryl methyl sites for hydroxylation is 1. The van der Waals surface area contributed by atoms with Crippen LogP contribution in [0.5, 0.6) is 0 Å². The molecule has 2 N–H and O–H groups in total. The van der Waals surface area contributed by atoms with E-state index in [9.17, 15) is 4.79 Å². The number of unbranched alkanes of at least 4 members (excludes halogenated alkanes) is 3. The van der Waals surface area contributed by atoms with E-state index in [0.29, 0.717) is 0 Å². The zero-order chi connectivity index (χ0) is 13.2. The van der Waals surface area contributed by atoms with Crippen molar-refractivity contribution >= 4 is 11.7 Å². The van der Waals surface area contributed by atoms with Crippen LogP contribution >= 0.6 is 0 Å². The van der Waals surface area contributed by atoms with Crippen molar-refractivity contribution < 1.29 is 4.79 Å². The minimum atomic E-state index is -0.104. The van der Waals surface area contributed by atoms with E-state index >= 15 is 0 Å². The molecule has 3 nitrogen and oxygen atoms in total. The van der Waals surface area contributed by atoms with Gasteiger partial charge in [0.2, 0.25) is 0 Å². The third-order valence-electron chi connectivity index (χ3n) is 2.96. The zero-order valence-corrected chi connectivity index (χ0v) is 11.5. The van der Waals surface area contributed by atoms with E-state index < -0.39 is 0 Å². The number of urea groups is 1. The van der Waals surface area contributed by atoms with Gasteiger partial charge in [0.15, 0.2) is 0 Å². The maximum absolute atomic E-state index is 11.7. The highest BCUT2D eigenvalue weighted by atomic mass is 16.2. The second kappa shape index (κ2) is 8.56. The highest BCUT2D eigenvalue weighted by Crippen LogP contribution is 2.14. The fourth-order valence-corrected chi connectivity index (χ4v) is 1.87. The minimum absolute atomic E-state index is 0.104. The Kier molecular flexibility index (Phi) is 6.92. The number of benzene rings is 1. The van der Waals surface area contributed by atoms with Gasteiger partial charge in [0.1, 0.15) is 0 Å². The van der Waals surface area contributed by atoms with E-state index in [2.05, 4.69) is 24.5 Å². The van der Waals surface area contributed by atoms with Gasteiger partial charge < -0.3 is 10.6 Å². The van der Waals surface area contributed by atoms with Gasteiger partial charge in [0.25, 0.3) is 0 Å². The number of amides is 2. The first-order valence-electron chi connectivity index (χ1n) is 6.90. The SMILES string of the molecule is CCCCCCNC(=O)Nc1ccccc1CC. The lowest BCUT2D eigenvalue weighted by atomic mass is 10.1. The normalized spacial score (nSPS) is 10.1. The third-order valence-corrected chi connectivity index (χ3v) is 2.96. The first-order chi connectivity index (χ1) is 8.77. The molecule has 1 rings (SSSR count). The molecular formula is C15H24N2O. The number of nitrogens with one attached hydrogen (secondary N) is 2. The highest BCUT2D eigenvalue weighted by molar-refractivity contribution is 5.90. The van der Waals surface area contributed by atoms with Crippen LogP contribution in [0.25, 0.3) is 0 Å². The summed E-state index contributed by atoms with van der Waals surface area (Å²) in [7, 11) is 0. The summed E-state index contributed by atoms with van der Waals surface area (Å²) < 4.78 is 0. The molecule has 1 aromatic rings. The number of hydrogen-bond acceptors (Lipinski definition) is 1. The van der Waals surface area contributed by atoms with Crippen LogP contribution in [0.1, 0.15) is 45.1 Å². The number of anilines is 1. The van der Waals surface area contributed by atoms with Gasteiger partial charge in [-0.15, -0.1) is 0 Å². The highest BCUT2D eigenvalue weighted by Gasteiger charge is 2.03. The van der Waals surface area contributed by atoms with Crippen LogP contribution in [-0.4, -0.2) is 12.6 Å². The summed E-state index contributed by atoms with van der Waals surface area (Å²) in [6.45, 7) is 5.02. The van der Waals surface area contributed by atoms with Crippen molar-refractivity contribution in [1.82, 2.24) is 5.32 Å². The summed E-state index contributed by atoms with van der Waals surface area (Å²) in [6.07, 6.45) is 5.62. The summed E-state index contributed by atoms with van der Waals surface area (Å²) in [5, 5.41) is 5.79. The number of carbonyl (C=O) groups excluding carboxylic acids is 1. The predicted octanol–water partition coefficient (Wildman–Crippen LogP) is 3.95. The largest absolute Gasteiger partial charge is 0.338 e. The molecule has 0 saturated carbocycles. The maximum Gasteiger partial charge on any atom is 0.319 e. The Morgan fingerprint density at radius 1 is 1.11 bits per heavy atom. The molecule has 18 heavy (non-hydrogen) atoms. The Hall–Kier alpha value is -1.51. The number of para-hydroxylation sites is 1. The molecule has 0 bridgehead atoms. The van der Waals surface area contributed by atoms with Crippen molar-refractivity contribution in [3.8, 4) is 0 Å². The minimum Gasteiger partial charge on any atom is -0.338 e. The third kappa shape index (κ3) is 5.21. The Morgan fingerprint density at radius 3 is 2.61 bits per heavy atom. The van der Waals surface area contributed by atoms with Crippen molar-refractivity contribution in [3.63, 3.8) is 0 Å². The lowest BCUT2D eigenvalue weighted by molar-refractivity contribution is 0.252. The molecule has 0 aliphatic rings. The van der Waals surface area contributed by atoms with E-state index in [1.54, 1.807) is 0 Å². The van der Waals surface area contributed by atoms with Crippen LogP contribution in [0.2, 0.25) is 0 Å². The Balaban J connectivity index is 2.31. The molecule has 0 atom stereocenters. The van der Waals surface area contributed by atoms with Gasteiger partial charge in [0, 0.05) is 12.2 Å². The van der Waals surface area contributed by atoms with Crippen molar-refractivity contribution in [1.29, 1.82) is 0 Å². The summed E-state index contributed by atoms with van der Waals surface area (Å²) in [5.74, 6) is 0. The summed E-state index contributed by atoms with van der Waals surface area (Å²) in [5.41, 5.74) is 2.07. The van der Waals surface area contributed by atoms with E-state index in [4.69, 9.17) is 0 Å². The lowest BCUT2D eigenvalue weighted by Gasteiger charge is -2.10. The van der Waals surface area contributed by atoms with Gasteiger partial charge in [-0.2, -0.15) is 0 Å². The van der Waals surface area contributed by atoms with E-state index in [1.807, 2.05) is 24.3 Å². The van der Waals surface area contributed by atoms with Gasteiger partial charge >= 0.3 is 6.03 Å². The lowest BCUT2D eigenvalue weighted by Crippen LogP contribution is -2.29. The molecule has 0 heterocycles. The quantitative estimate of drug-likeness (QED) is 0.705. The maximum atomic E-state index is 11.7. The second-order valence-corrected chi connectivity index (χ2v) is 4.45. The topological polar surface area (TPSA) is 41.1 Å². The fraction of sp³-hybridized carbons (Fsp3) is 0.533. The van der Waals surface area contributed by atoms with Crippen LogP contribution in [0.15, 0.2) is 24.3 Å². The van der Waals surface area contributed by atoms with Crippen molar-refractivity contribution in [2.24, 2.45) is 0 Å². The fourth-order valence-electron chi connectivity index (χ4n) is 1.87. The van der Waals surface area contributed by atoms with Gasteiger partial charge in [-0.25, -0.2) is 4.79 Å². The van der Waals surface area contributed by atoms with Crippen LogP contribution in [0, 0.1) is 0 Å². The van der Waals surface area contributed by atoms with Gasteiger partial charge in [-0.3, -0.25) is 0 Å². The Labute approximate surface area is 110 Å². The molecule has 0 radical (unpaired) electrons. The van der Waals surface area contributed by atoms with Crippen LogP contribution in [0.4, 0.5) is 10.5 Å². The molecule has 1 aromatic carbocycles. The summed E-state index contributed by atoms with van der Waals surface area (Å²) in [6, 6.07) is 7.81. The average molecular weight is 248 g/mol. The van der Waals surface area contributed by atoms with Crippen LogP contribution in [0.3, 0.4) is 0 Å². The monoisotopic (exact) mass is 248 g/mol. The molecule has 100 valence electrons. The van der Waals surface area contributed by atoms with Crippen LogP contribution < -0.4 is 10.6 Å². The molecule has 0 fully saturated rings. The van der Waals surface area contributed by atoms with Crippen molar-refractivity contribution in [3.05, 3.63) is 29.8 Å². The first-order valence-corrected chi connectivity index (χ1v) is 6.90. The number of carbonyl (C=O) groups is 1. The van der Waals surface area contributed by atoms with Gasteiger partial charge in [0.05, 0.1) is 0 Å².